The molecule has 1 aromatic rings. The van der Waals surface area contributed by atoms with Crippen LogP contribution in [0.4, 0.5) is 0 Å². The van der Waals surface area contributed by atoms with E-state index in [4.69, 9.17) is 0 Å². The van der Waals surface area contributed by atoms with Gasteiger partial charge in [-0.3, -0.25) is 0 Å². The van der Waals surface area contributed by atoms with Crippen LogP contribution in [0.25, 0.3) is 0 Å². The third kappa shape index (κ3) is 6.71. The fourth-order valence-corrected chi connectivity index (χ4v) is 2.46. The topological polar surface area (TPSA) is 15.3 Å². The Labute approximate surface area is 110 Å². The SMILES string of the molecule is CCN(C)CC(C)NCCSc1ccccc1. The van der Waals surface area contributed by atoms with E-state index >= 15 is 0 Å². The van der Waals surface area contributed by atoms with Crippen LogP contribution in [0.15, 0.2) is 35.2 Å². The Bertz CT molecular complexity index is 290. The summed E-state index contributed by atoms with van der Waals surface area (Å²) in [6.45, 7) is 7.74. The summed E-state index contributed by atoms with van der Waals surface area (Å²) in [5, 5.41) is 3.56. The molecule has 0 spiro atoms. The molecule has 0 saturated carbocycles. The van der Waals surface area contributed by atoms with Crippen molar-refractivity contribution in [3.63, 3.8) is 0 Å². The summed E-state index contributed by atoms with van der Waals surface area (Å²) in [5.41, 5.74) is 0. The zero-order chi connectivity index (χ0) is 12.5. The largest absolute Gasteiger partial charge is 0.312 e. The van der Waals surface area contributed by atoms with Crippen LogP contribution in [-0.4, -0.2) is 43.4 Å². The third-order valence-electron chi connectivity index (χ3n) is 2.73. The fourth-order valence-electron chi connectivity index (χ4n) is 1.65. The van der Waals surface area contributed by atoms with E-state index in [-0.39, 0.29) is 0 Å². The normalized spacial score (nSPS) is 12.9. The molecule has 96 valence electrons. The molecule has 0 radical (unpaired) electrons. The summed E-state index contributed by atoms with van der Waals surface area (Å²) < 4.78 is 0. The van der Waals surface area contributed by atoms with Gasteiger partial charge in [-0.25, -0.2) is 0 Å². The molecule has 3 heteroatoms. The zero-order valence-electron chi connectivity index (χ0n) is 11.1. The smallest absolute Gasteiger partial charge is 0.0166 e. The highest BCUT2D eigenvalue weighted by atomic mass is 32.2. The first-order chi connectivity index (χ1) is 8.22. The minimum Gasteiger partial charge on any atom is -0.312 e. The molecule has 1 unspecified atom stereocenters. The van der Waals surface area contributed by atoms with Crippen LogP contribution in [-0.2, 0) is 0 Å². The van der Waals surface area contributed by atoms with Gasteiger partial charge >= 0.3 is 0 Å². The predicted molar refractivity (Wildman–Crippen MR) is 77.8 cm³/mol. The lowest BCUT2D eigenvalue weighted by Gasteiger charge is -2.20. The van der Waals surface area contributed by atoms with E-state index in [9.17, 15) is 0 Å². The number of likely N-dealkylation sites (N-methyl/N-ethyl adjacent to an activating group) is 1. The Morgan fingerprint density at radius 2 is 2.00 bits per heavy atom. The molecule has 0 aromatic heterocycles. The van der Waals surface area contributed by atoms with Crippen molar-refractivity contribution in [3.05, 3.63) is 30.3 Å². The van der Waals surface area contributed by atoms with Crippen molar-refractivity contribution in [1.29, 1.82) is 0 Å². The van der Waals surface area contributed by atoms with Gasteiger partial charge in [0.05, 0.1) is 0 Å². The maximum absolute atomic E-state index is 3.56. The van der Waals surface area contributed by atoms with Crippen LogP contribution in [0.5, 0.6) is 0 Å². The average Bonchev–Trinajstić information content (AvgIpc) is 2.36. The van der Waals surface area contributed by atoms with Gasteiger partial charge in [-0.1, -0.05) is 25.1 Å². The van der Waals surface area contributed by atoms with Crippen LogP contribution in [0.3, 0.4) is 0 Å². The van der Waals surface area contributed by atoms with E-state index in [0.29, 0.717) is 6.04 Å². The number of nitrogens with zero attached hydrogens (tertiary/aromatic N) is 1. The van der Waals surface area contributed by atoms with Crippen molar-refractivity contribution in [2.75, 3.05) is 32.4 Å². The van der Waals surface area contributed by atoms with E-state index in [1.165, 1.54) is 4.90 Å². The van der Waals surface area contributed by atoms with Crippen LogP contribution < -0.4 is 5.32 Å². The number of thioether (sulfide) groups is 1. The molecular formula is C14H24N2S. The molecule has 0 amide bonds. The molecular weight excluding hydrogens is 228 g/mol. The van der Waals surface area contributed by atoms with Crippen LogP contribution in [0.2, 0.25) is 0 Å². The molecule has 1 N–H and O–H groups in total. The molecule has 0 aliphatic heterocycles. The minimum absolute atomic E-state index is 0.566. The molecule has 0 aliphatic rings. The molecule has 1 rings (SSSR count). The lowest BCUT2D eigenvalue weighted by molar-refractivity contribution is 0.313. The number of hydrogen-bond donors (Lipinski definition) is 1. The first kappa shape index (κ1) is 14.6. The second-order valence-electron chi connectivity index (χ2n) is 4.37. The quantitative estimate of drug-likeness (QED) is 0.566. The van der Waals surface area contributed by atoms with Crippen LogP contribution >= 0.6 is 11.8 Å². The standard InChI is InChI=1S/C14H24N2S/c1-4-16(3)12-13(2)15-10-11-17-14-8-6-5-7-9-14/h5-9,13,15H,4,10-12H2,1-3H3. The van der Waals surface area contributed by atoms with Crippen LogP contribution in [0, 0.1) is 0 Å². The maximum atomic E-state index is 3.56. The summed E-state index contributed by atoms with van der Waals surface area (Å²) >= 11 is 1.91. The van der Waals surface area contributed by atoms with Gasteiger partial charge in [0.15, 0.2) is 0 Å². The first-order valence-electron chi connectivity index (χ1n) is 6.32. The number of nitrogens with one attached hydrogen (secondary N) is 1. The molecule has 17 heavy (non-hydrogen) atoms. The third-order valence-corrected chi connectivity index (χ3v) is 3.75. The summed E-state index contributed by atoms with van der Waals surface area (Å²) in [5.74, 6) is 1.13. The second kappa shape index (κ2) is 8.56. The number of benzene rings is 1. The molecule has 1 atom stereocenters. The highest BCUT2D eigenvalue weighted by Crippen LogP contribution is 2.15. The van der Waals surface area contributed by atoms with E-state index < -0.39 is 0 Å². The lowest BCUT2D eigenvalue weighted by atomic mass is 10.3. The second-order valence-corrected chi connectivity index (χ2v) is 5.54. The van der Waals surface area contributed by atoms with E-state index in [1.807, 2.05) is 11.8 Å². The molecule has 0 heterocycles. The van der Waals surface area contributed by atoms with Gasteiger partial charge in [-0.2, -0.15) is 0 Å². The molecule has 1 aromatic carbocycles. The van der Waals surface area contributed by atoms with Gasteiger partial charge in [0, 0.05) is 29.8 Å². The van der Waals surface area contributed by atoms with E-state index in [2.05, 4.69) is 61.4 Å². The first-order valence-corrected chi connectivity index (χ1v) is 7.30. The molecule has 0 saturated heterocycles. The van der Waals surface area contributed by atoms with Crippen molar-refractivity contribution in [2.24, 2.45) is 0 Å². The van der Waals surface area contributed by atoms with Gasteiger partial charge < -0.3 is 10.2 Å². The van der Waals surface area contributed by atoms with Gasteiger partial charge in [-0.15, -0.1) is 11.8 Å². The summed E-state index contributed by atoms with van der Waals surface area (Å²) in [6.07, 6.45) is 0. The molecule has 2 nitrogen and oxygen atoms in total. The lowest BCUT2D eigenvalue weighted by Crippen LogP contribution is -2.38. The Morgan fingerprint density at radius 3 is 2.65 bits per heavy atom. The maximum Gasteiger partial charge on any atom is 0.0166 e. The monoisotopic (exact) mass is 252 g/mol. The molecule has 0 fully saturated rings. The van der Waals surface area contributed by atoms with Gasteiger partial charge in [-0.05, 0) is 32.6 Å². The van der Waals surface area contributed by atoms with Crippen molar-refractivity contribution in [1.82, 2.24) is 10.2 Å². The molecule has 0 aliphatic carbocycles. The summed E-state index contributed by atoms with van der Waals surface area (Å²) in [7, 11) is 2.16. The average molecular weight is 252 g/mol. The minimum atomic E-state index is 0.566. The Morgan fingerprint density at radius 1 is 1.29 bits per heavy atom. The van der Waals surface area contributed by atoms with Crippen molar-refractivity contribution >= 4 is 11.8 Å². The molecule has 0 bridgehead atoms. The van der Waals surface area contributed by atoms with E-state index in [1.54, 1.807) is 0 Å². The van der Waals surface area contributed by atoms with Gasteiger partial charge in [0.25, 0.3) is 0 Å². The van der Waals surface area contributed by atoms with Gasteiger partial charge in [0.2, 0.25) is 0 Å². The highest BCUT2D eigenvalue weighted by Gasteiger charge is 2.03. The Balaban J connectivity index is 2.08. The predicted octanol–water partition coefficient (Wildman–Crippen LogP) is 2.71. The van der Waals surface area contributed by atoms with Crippen LogP contribution in [0.1, 0.15) is 13.8 Å². The number of hydrogen-bond acceptors (Lipinski definition) is 3. The van der Waals surface area contributed by atoms with Gasteiger partial charge in [0.1, 0.15) is 0 Å². The highest BCUT2D eigenvalue weighted by molar-refractivity contribution is 7.99. The van der Waals surface area contributed by atoms with Crippen molar-refractivity contribution < 1.29 is 0 Å². The summed E-state index contributed by atoms with van der Waals surface area (Å²) in [6, 6.07) is 11.1. The van der Waals surface area contributed by atoms with Crippen molar-refractivity contribution in [3.8, 4) is 0 Å². The fraction of sp³-hybridized carbons (Fsp3) is 0.571. The summed E-state index contributed by atoms with van der Waals surface area (Å²) in [4.78, 5) is 3.69. The Kier molecular flexibility index (Phi) is 7.33. The number of rotatable bonds is 8. The van der Waals surface area contributed by atoms with Crippen molar-refractivity contribution in [2.45, 2.75) is 24.8 Å². The zero-order valence-corrected chi connectivity index (χ0v) is 12.0. The Hall–Kier alpha value is -0.510. The van der Waals surface area contributed by atoms with E-state index in [0.717, 1.165) is 25.4 Å².